The Hall–Kier alpha value is -2.35. The Morgan fingerprint density at radius 2 is 1.93 bits per heavy atom. The molecule has 0 radical (unpaired) electrons. The number of hydrogen-bond donors (Lipinski definition) is 1. The normalized spacial score (nSPS) is 14.9. The zero-order valence-electron chi connectivity index (χ0n) is 16.0. The average Bonchev–Trinajstić information content (AvgIpc) is 3.17. The average molecular weight is 431 g/mol. The molecule has 1 aliphatic heterocycles. The number of carbonyl (C=O) groups excluding carboxylic acids is 1. The third kappa shape index (κ3) is 5.38. The summed E-state index contributed by atoms with van der Waals surface area (Å²) in [6, 6.07) is 15.2. The van der Waals surface area contributed by atoms with Gasteiger partial charge in [0, 0.05) is 44.3 Å². The molecule has 1 aliphatic rings. The van der Waals surface area contributed by atoms with Gasteiger partial charge in [0.2, 0.25) is 0 Å². The fourth-order valence-electron chi connectivity index (χ4n) is 3.25. The summed E-state index contributed by atoms with van der Waals surface area (Å²) in [5, 5.41) is 4.72. The predicted octanol–water partition coefficient (Wildman–Crippen LogP) is 3.27. The fraction of sp³-hybridized carbons (Fsp3) is 0.333. The van der Waals surface area contributed by atoms with Gasteiger partial charge in [-0.2, -0.15) is 0 Å². The number of anilines is 1. The number of halogens is 1. The van der Waals surface area contributed by atoms with E-state index >= 15 is 0 Å². The molecule has 2 heterocycles. The van der Waals surface area contributed by atoms with Crippen molar-refractivity contribution in [1.29, 1.82) is 0 Å². The molecule has 0 bridgehead atoms. The van der Waals surface area contributed by atoms with Crippen LogP contribution in [0.3, 0.4) is 0 Å². The van der Waals surface area contributed by atoms with Gasteiger partial charge in [-0.1, -0.05) is 41.1 Å². The summed E-state index contributed by atoms with van der Waals surface area (Å²) >= 11 is 7.76. The molecule has 0 aliphatic carbocycles. The van der Waals surface area contributed by atoms with Crippen LogP contribution in [0.5, 0.6) is 5.75 Å². The Balaban J connectivity index is 1.17. The van der Waals surface area contributed by atoms with E-state index in [1.165, 1.54) is 0 Å². The van der Waals surface area contributed by atoms with Crippen LogP contribution >= 0.6 is 22.9 Å². The molecule has 6 nitrogen and oxygen atoms in total. The van der Waals surface area contributed by atoms with Crippen molar-refractivity contribution in [2.24, 2.45) is 0 Å². The summed E-state index contributed by atoms with van der Waals surface area (Å²) in [5.74, 6) is 0.608. The topological polar surface area (TPSA) is 57.7 Å². The van der Waals surface area contributed by atoms with Crippen LogP contribution in [0.15, 0.2) is 48.5 Å². The van der Waals surface area contributed by atoms with E-state index in [2.05, 4.69) is 15.1 Å². The highest BCUT2D eigenvalue weighted by molar-refractivity contribution is 7.22. The van der Waals surface area contributed by atoms with Crippen LogP contribution in [-0.4, -0.2) is 61.7 Å². The van der Waals surface area contributed by atoms with Gasteiger partial charge in [0.25, 0.3) is 5.91 Å². The summed E-state index contributed by atoms with van der Waals surface area (Å²) < 4.78 is 6.58. The smallest absolute Gasteiger partial charge is 0.257 e. The molecule has 1 aromatic heterocycles. The van der Waals surface area contributed by atoms with E-state index in [9.17, 15) is 4.79 Å². The van der Waals surface area contributed by atoms with Gasteiger partial charge >= 0.3 is 0 Å². The number of para-hydroxylation sites is 1. The Kier molecular flexibility index (Phi) is 6.49. The summed E-state index contributed by atoms with van der Waals surface area (Å²) in [7, 11) is 0. The van der Waals surface area contributed by atoms with E-state index in [1.807, 2.05) is 48.5 Å². The van der Waals surface area contributed by atoms with Gasteiger partial charge in [-0.25, -0.2) is 4.98 Å². The molecule has 1 saturated heterocycles. The molecule has 3 aromatic rings. The van der Waals surface area contributed by atoms with Crippen molar-refractivity contribution >= 4 is 44.2 Å². The number of nitrogens with one attached hydrogen (secondary N) is 1. The van der Waals surface area contributed by atoms with Crippen molar-refractivity contribution in [3.63, 3.8) is 0 Å². The molecule has 1 fully saturated rings. The first kappa shape index (κ1) is 19.9. The molecule has 1 N–H and O–H groups in total. The van der Waals surface area contributed by atoms with Crippen molar-refractivity contribution in [3.05, 3.63) is 53.6 Å². The highest BCUT2D eigenvalue weighted by Gasteiger charge is 2.19. The van der Waals surface area contributed by atoms with E-state index in [0.29, 0.717) is 12.3 Å². The fourth-order valence-corrected chi connectivity index (χ4v) is 4.55. The molecule has 8 heteroatoms. The molecule has 0 atom stereocenters. The minimum Gasteiger partial charge on any atom is -0.484 e. The molecule has 0 spiro atoms. The molecule has 0 saturated carbocycles. The van der Waals surface area contributed by atoms with Crippen molar-refractivity contribution in [3.8, 4) is 5.75 Å². The second-order valence-corrected chi connectivity index (χ2v) is 8.33. The molecule has 29 heavy (non-hydrogen) atoms. The van der Waals surface area contributed by atoms with Crippen molar-refractivity contribution < 1.29 is 9.53 Å². The first-order valence-electron chi connectivity index (χ1n) is 9.65. The number of carbonyl (C=O) groups is 1. The molecule has 0 unspecified atom stereocenters. The number of rotatable bonds is 7. The molecular weight excluding hydrogens is 408 g/mol. The maximum absolute atomic E-state index is 11.9. The first-order chi connectivity index (χ1) is 14.2. The second kappa shape index (κ2) is 9.43. The number of aromatic nitrogens is 1. The minimum absolute atomic E-state index is 0.0411. The number of fused-ring (bicyclic) bond motifs is 1. The standard InChI is InChI=1S/C21H23ClN4O2S/c22-16-6-7-18-19(14-16)29-21(24-18)26-12-10-25(11-13-26)9-8-23-20(27)15-28-17-4-2-1-3-5-17/h1-7,14H,8-13,15H2,(H,23,27). The number of nitrogens with zero attached hydrogens (tertiary/aromatic N) is 3. The van der Waals surface area contributed by atoms with Crippen molar-refractivity contribution in [2.45, 2.75) is 0 Å². The summed E-state index contributed by atoms with van der Waals surface area (Å²) in [5.41, 5.74) is 0.997. The number of amides is 1. The van der Waals surface area contributed by atoms with Gasteiger partial charge in [-0.05, 0) is 30.3 Å². The van der Waals surface area contributed by atoms with Crippen LogP contribution in [0.1, 0.15) is 0 Å². The van der Waals surface area contributed by atoms with Crippen LogP contribution in [0.2, 0.25) is 5.02 Å². The Morgan fingerprint density at radius 1 is 1.14 bits per heavy atom. The maximum Gasteiger partial charge on any atom is 0.257 e. The van der Waals surface area contributed by atoms with Gasteiger partial charge in [0.15, 0.2) is 11.7 Å². The Morgan fingerprint density at radius 3 is 2.72 bits per heavy atom. The summed E-state index contributed by atoms with van der Waals surface area (Å²) in [6.07, 6.45) is 0. The van der Waals surface area contributed by atoms with Crippen molar-refractivity contribution in [1.82, 2.24) is 15.2 Å². The van der Waals surface area contributed by atoms with E-state index < -0.39 is 0 Å². The summed E-state index contributed by atoms with van der Waals surface area (Å²) in [4.78, 5) is 21.3. The van der Waals surface area contributed by atoms with Gasteiger partial charge in [0.1, 0.15) is 5.75 Å². The molecule has 1 amide bonds. The number of piperazine rings is 1. The van der Waals surface area contributed by atoms with Crippen LogP contribution in [-0.2, 0) is 4.79 Å². The highest BCUT2D eigenvalue weighted by atomic mass is 35.5. The monoisotopic (exact) mass is 430 g/mol. The number of thiazole rings is 1. The van der Waals surface area contributed by atoms with E-state index in [-0.39, 0.29) is 12.5 Å². The molecule has 152 valence electrons. The lowest BCUT2D eigenvalue weighted by Gasteiger charge is -2.34. The first-order valence-corrected chi connectivity index (χ1v) is 10.8. The lowest BCUT2D eigenvalue weighted by Crippen LogP contribution is -2.48. The lowest BCUT2D eigenvalue weighted by molar-refractivity contribution is -0.123. The third-order valence-corrected chi connectivity index (χ3v) is 6.16. The molecular formula is C21H23ClN4O2S. The SMILES string of the molecule is O=C(COc1ccccc1)NCCN1CCN(c2nc3ccc(Cl)cc3s2)CC1. The number of benzene rings is 2. The molecule has 4 rings (SSSR count). The number of hydrogen-bond acceptors (Lipinski definition) is 6. The Labute approximate surface area is 179 Å². The van der Waals surface area contributed by atoms with Crippen LogP contribution < -0.4 is 15.0 Å². The second-order valence-electron chi connectivity index (χ2n) is 6.89. The lowest BCUT2D eigenvalue weighted by atomic mass is 10.3. The van der Waals surface area contributed by atoms with Crippen molar-refractivity contribution in [2.75, 3.05) is 50.8 Å². The van der Waals surface area contributed by atoms with Crippen LogP contribution in [0, 0.1) is 0 Å². The van der Waals surface area contributed by atoms with Gasteiger partial charge in [-0.15, -0.1) is 0 Å². The van der Waals surface area contributed by atoms with Gasteiger partial charge in [0.05, 0.1) is 10.2 Å². The van der Waals surface area contributed by atoms with E-state index in [1.54, 1.807) is 11.3 Å². The Bertz CT molecular complexity index is 958. The molecule has 2 aromatic carbocycles. The minimum atomic E-state index is -0.0966. The largest absolute Gasteiger partial charge is 0.484 e. The van der Waals surface area contributed by atoms with E-state index in [4.69, 9.17) is 21.3 Å². The van der Waals surface area contributed by atoms with Crippen LogP contribution in [0.4, 0.5) is 5.13 Å². The van der Waals surface area contributed by atoms with Crippen LogP contribution in [0.25, 0.3) is 10.2 Å². The third-order valence-electron chi connectivity index (χ3n) is 4.85. The predicted molar refractivity (Wildman–Crippen MR) is 118 cm³/mol. The number of ether oxygens (including phenoxy) is 1. The zero-order chi connectivity index (χ0) is 20.1. The maximum atomic E-state index is 11.9. The van der Waals surface area contributed by atoms with Gasteiger partial charge in [-0.3, -0.25) is 9.69 Å². The quantitative estimate of drug-likeness (QED) is 0.623. The van der Waals surface area contributed by atoms with Gasteiger partial charge < -0.3 is 15.0 Å². The zero-order valence-corrected chi connectivity index (χ0v) is 17.6. The summed E-state index contributed by atoms with van der Waals surface area (Å²) in [6.45, 7) is 5.26. The highest BCUT2D eigenvalue weighted by Crippen LogP contribution is 2.31. The van der Waals surface area contributed by atoms with E-state index in [0.717, 1.165) is 53.1 Å².